The van der Waals surface area contributed by atoms with Crippen molar-refractivity contribution in [2.75, 3.05) is 6.54 Å². The third-order valence-electron chi connectivity index (χ3n) is 1.61. The summed E-state index contributed by atoms with van der Waals surface area (Å²) in [6.45, 7) is 2.92. The second-order valence-corrected chi connectivity index (χ2v) is 4.25. The average molecular weight is 224 g/mol. The van der Waals surface area contributed by atoms with Gasteiger partial charge in [-0.05, 0) is 13.8 Å². The van der Waals surface area contributed by atoms with E-state index in [1.54, 1.807) is 6.92 Å². The molecule has 0 saturated carbocycles. The molecule has 0 unspecified atom stereocenters. The van der Waals surface area contributed by atoms with Gasteiger partial charge in [0, 0.05) is 11.4 Å². The van der Waals surface area contributed by atoms with E-state index in [1.807, 2.05) is 6.92 Å². The quantitative estimate of drug-likeness (QED) is 0.852. The molecule has 14 heavy (non-hydrogen) atoms. The second kappa shape index (κ2) is 4.27. The Labute approximate surface area is 84.2 Å². The van der Waals surface area contributed by atoms with E-state index in [0.717, 1.165) is 15.6 Å². The summed E-state index contributed by atoms with van der Waals surface area (Å²) >= 11 is 1.42. The average Bonchev–Trinajstić information content (AvgIpc) is 2.27. The molecule has 0 fully saturated rings. The maximum atomic E-state index is 11.8. The molecular formula is C8H11F3N2S. The SMILES string of the molecule is Cc1nc(C)c(CNCC(F)(F)F)s1. The van der Waals surface area contributed by atoms with Crippen LogP contribution in [0.2, 0.25) is 0 Å². The number of aryl methyl sites for hydroxylation is 2. The van der Waals surface area contributed by atoms with Crippen molar-refractivity contribution in [3.05, 3.63) is 15.6 Å². The molecule has 1 aromatic heterocycles. The van der Waals surface area contributed by atoms with Crippen molar-refractivity contribution in [2.45, 2.75) is 26.6 Å². The number of hydrogen-bond acceptors (Lipinski definition) is 3. The molecule has 0 radical (unpaired) electrons. The second-order valence-electron chi connectivity index (χ2n) is 2.96. The smallest absolute Gasteiger partial charge is 0.304 e. The van der Waals surface area contributed by atoms with Crippen molar-refractivity contribution >= 4 is 11.3 Å². The molecule has 0 saturated heterocycles. The molecule has 0 atom stereocenters. The van der Waals surface area contributed by atoms with Gasteiger partial charge in [-0.25, -0.2) is 4.98 Å². The molecule has 80 valence electrons. The van der Waals surface area contributed by atoms with Crippen LogP contribution in [0.3, 0.4) is 0 Å². The van der Waals surface area contributed by atoms with Crippen LogP contribution in [0, 0.1) is 13.8 Å². The number of halogens is 3. The van der Waals surface area contributed by atoms with E-state index in [0.29, 0.717) is 0 Å². The Balaban J connectivity index is 2.42. The highest BCUT2D eigenvalue weighted by atomic mass is 32.1. The minimum Gasteiger partial charge on any atom is -0.304 e. The molecule has 6 heteroatoms. The molecule has 0 spiro atoms. The lowest BCUT2D eigenvalue weighted by atomic mass is 10.4. The first kappa shape index (κ1) is 11.5. The standard InChI is InChI=1S/C8H11F3N2S/c1-5-7(14-6(2)13-5)3-12-4-8(9,10)11/h12H,3-4H2,1-2H3. The van der Waals surface area contributed by atoms with Gasteiger partial charge in [-0.2, -0.15) is 13.2 Å². The molecule has 0 bridgehead atoms. The summed E-state index contributed by atoms with van der Waals surface area (Å²) in [6, 6.07) is 0. The number of nitrogens with one attached hydrogen (secondary N) is 1. The molecule has 1 aromatic rings. The number of alkyl halides is 3. The van der Waals surface area contributed by atoms with Crippen molar-refractivity contribution in [1.82, 2.24) is 10.3 Å². The first-order valence-corrected chi connectivity index (χ1v) is 4.90. The zero-order valence-corrected chi connectivity index (χ0v) is 8.72. The van der Waals surface area contributed by atoms with E-state index >= 15 is 0 Å². The number of hydrogen-bond donors (Lipinski definition) is 1. The summed E-state index contributed by atoms with van der Waals surface area (Å²) in [7, 11) is 0. The topological polar surface area (TPSA) is 24.9 Å². The van der Waals surface area contributed by atoms with Gasteiger partial charge in [-0.15, -0.1) is 11.3 Å². The lowest BCUT2D eigenvalue weighted by Crippen LogP contribution is -2.28. The van der Waals surface area contributed by atoms with Crippen LogP contribution in [0.5, 0.6) is 0 Å². The molecular weight excluding hydrogens is 213 g/mol. The van der Waals surface area contributed by atoms with Gasteiger partial charge in [0.15, 0.2) is 0 Å². The molecule has 1 heterocycles. The van der Waals surface area contributed by atoms with Crippen LogP contribution in [0.25, 0.3) is 0 Å². The van der Waals surface area contributed by atoms with Gasteiger partial charge in [0.05, 0.1) is 17.2 Å². The number of rotatable bonds is 3. The first-order valence-electron chi connectivity index (χ1n) is 4.09. The minimum atomic E-state index is -4.15. The highest BCUT2D eigenvalue weighted by Gasteiger charge is 2.26. The van der Waals surface area contributed by atoms with E-state index in [1.165, 1.54) is 11.3 Å². The van der Waals surface area contributed by atoms with Gasteiger partial charge in [0.2, 0.25) is 0 Å². The van der Waals surface area contributed by atoms with Crippen molar-refractivity contribution in [1.29, 1.82) is 0 Å². The third-order valence-corrected chi connectivity index (χ3v) is 2.68. The Morgan fingerprint density at radius 1 is 1.36 bits per heavy atom. The van der Waals surface area contributed by atoms with E-state index in [4.69, 9.17) is 0 Å². The fourth-order valence-corrected chi connectivity index (χ4v) is 1.96. The van der Waals surface area contributed by atoms with Gasteiger partial charge >= 0.3 is 6.18 Å². The summed E-state index contributed by atoms with van der Waals surface area (Å²) in [6.07, 6.45) is -4.15. The molecule has 0 aromatic carbocycles. The molecule has 0 amide bonds. The number of nitrogens with zero attached hydrogens (tertiary/aromatic N) is 1. The monoisotopic (exact) mass is 224 g/mol. The largest absolute Gasteiger partial charge is 0.401 e. The summed E-state index contributed by atoms with van der Waals surface area (Å²) in [5, 5.41) is 3.22. The summed E-state index contributed by atoms with van der Waals surface area (Å²) in [5.74, 6) is 0. The highest BCUT2D eigenvalue weighted by molar-refractivity contribution is 7.11. The van der Waals surface area contributed by atoms with Gasteiger partial charge in [0.1, 0.15) is 0 Å². The minimum absolute atomic E-state index is 0.233. The zero-order chi connectivity index (χ0) is 10.8. The first-order chi connectivity index (χ1) is 6.38. The maximum Gasteiger partial charge on any atom is 0.401 e. The van der Waals surface area contributed by atoms with Gasteiger partial charge in [0.25, 0.3) is 0 Å². The Morgan fingerprint density at radius 2 is 2.00 bits per heavy atom. The summed E-state index contributed by atoms with van der Waals surface area (Å²) in [5.41, 5.74) is 0.808. The van der Waals surface area contributed by atoms with Gasteiger partial charge in [-0.1, -0.05) is 0 Å². The zero-order valence-electron chi connectivity index (χ0n) is 7.90. The maximum absolute atomic E-state index is 11.8. The predicted octanol–water partition coefficient (Wildman–Crippen LogP) is 2.41. The van der Waals surface area contributed by atoms with Crippen LogP contribution in [0.15, 0.2) is 0 Å². The predicted molar refractivity (Wildman–Crippen MR) is 49.3 cm³/mol. The van der Waals surface area contributed by atoms with Crippen LogP contribution in [0.1, 0.15) is 15.6 Å². The Kier molecular flexibility index (Phi) is 3.49. The molecule has 0 aliphatic rings. The van der Waals surface area contributed by atoms with Crippen LogP contribution in [-0.4, -0.2) is 17.7 Å². The van der Waals surface area contributed by atoms with E-state index in [9.17, 15) is 13.2 Å². The molecule has 2 nitrogen and oxygen atoms in total. The van der Waals surface area contributed by atoms with Crippen LogP contribution in [-0.2, 0) is 6.54 Å². The number of aromatic nitrogens is 1. The highest BCUT2D eigenvalue weighted by Crippen LogP contribution is 2.17. The van der Waals surface area contributed by atoms with Crippen LogP contribution in [0.4, 0.5) is 13.2 Å². The Hall–Kier alpha value is -0.620. The molecule has 0 aliphatic carbocycles. The molecule has 1 N–H and O–H groups in total. The van der Waals surface area contributed by atoms with Crippen LogP contribution >= 0.6 is 11.3 Å². The fourth-order valence-electron chi connectivity index (χ4n) is 1.06. The van der Waals surface area contributed by atoms with Crippen molar-refractivity contribution < 1.29 is 13.2 Å². The lowest BCUT2D eigenvalue weighted by molar-refractivity contribution is -0.125. The van der Waals surface area contributed by atoms with E-state index in [2.05, 4.69) is 10.3 Å². The normalized spacial score (nSPS) is 12.1. The summed E-state index contributed by atoms with van der Waals surface area (Å²) in [4.78, 5) is 4.99. The third kappa shape index (κ3) is 3.63. The lowest BCUT2D eigenvalue weighted by Gasteiger charge is -2.06. The van der Waals surface area contributed by atoms with Crippen LogP contribution < -0.4 is 5.32 Å². The summed E-state index contributed by atoms with van der Waals surface area (Å²) < 4.78 is 35.4. The van der Waals surface area contributed by atoms with Gasteiger partial charge < -0.3 is 5.32 Å². The Morgan fingerprint density at radius 3 is 2.43 bits per heavy atom. The van der Waals surface area contributed by atoms with Crippen molar-refractivity contribution in [3.63, 3.8) is 0 Å². The Bertz CT molecular complexity index is 306. The number of thiazole rings is 1. The van der Waals surface area contributed by atoms with Gasteiger partial charge in [-0.3, -0.25) is 0 Å². The fraction of sp³-hybridized carbons (Fsp3) is 0.625. The molecule has 0 aliphatic heterocycles. The van der Waals surface area contributed by atoms with Crippen molar-refractivity contribution in [2.24, 2.45) is 0 Å². The van der Waals surface area contributed by atoms with E-state index < -0.39 is 12.7 Å². The van der Waals surface area contributed by atoms with E-state index in [-0.39, 0.29) is 6.54 Å². The van der Waals surface area contributed by atoms with Crippen molar-refractivity contribution in [3.8, 4) is 0 Å². The molecule has 1 rings (SSSR count).